The van der Waals surface area contributed by atoms with Crippen molar-refractivity contribution in [1.82, 2.24) is 30.9 Å². The molecule has 2 aromatic rings. The number of carbonyl (C=O) groups excluding carboxylic acids is 1. The molecule has 12 nitrogen and oxygen atoms in total. The minimum atomic E-state index is -4.87. The molecule has 290 valence electrons. The molecule has 2 aliphatic carbocycles. The standard InChI is InChI=1S/C38H45ClF3N7O5/c1-6-8-26-24(13-15-28(26)47-34-33(38(40,41)42)46-30(36(49-34)54-5)19-44-21(3)37(51)52)20(2)25-9-7-10-27(32(25)39)29-14-11-22(35(48-29)53-4)17-43-18-23-12-16-31(50)45-23/h6-11,14,21,23,25,28,32,43-44H,1,12-13,15-19H2,2-5H3,(H,45,50)(H,47,49)(H,51,52)/b24-20+,26-8?/t21-,23-,25?,28-,32?/m0/s1. The average Bonchev–Trinajstić information content (AvgIpc) is 3.75. The summed E-state index contributed by atoms with van der Waals surface area (Å²) in [6.07, 6.45) is 6.69. The van der Waals surface area contributed by atoms with Crippen LogP contribution in [0.1, 0.15) is 62.2 Å². The normalized spacial score (nSPS) is 23.5. The first kappa shape index (κ1) is 40.5. The van der Waals surface area contributed by atoms with Gasteiger partial charge in [-0.15, -0.1) is 11.6 Å². The van der Waals surface area contributed by atoms with Gasteiger partial charge in [-0.2, -0.15) is 18.2 Å². The molecule has 5 rings (SSSR count). The Morgan fingerprint density at radius 3 is 2.56 bits per heavy atom. The Morgan fingerprint density at radius 2 is 1.91 bits per heavy atom. The maximum absolute atomic E-state index is 14.4. The second-order valence-electron chi connectivity index (χ2n) is 13.3. The molecule has 2 fully saturated rings. The van der Waals surface area contributed by atoms with Gasteiger partial charge < -0.3 is 30.5 Å². The number of amides is 1. The van der Waals surface area contributed by atoms with Gasteiger partial charge in [0, 0.05) is 43.6 Å². The zero-order valence-corrected chi connectivity index (χ0v) is 31.3. The Balaban J connectivity index is 1.35. The van der Waals surface area contributed by atoms with Gasteiger partial charge in [-0.1, -0.05) is 48.6 Å². The van der Waals surface area contributed by atoms with Gasteiger partial charge in [-0.3, -0.25) is 14.9 Å². The Kier molecular flexibility index (Phi) is 13.2. The van der Waals surface area contributed by atoms with Crippen LogP contribution in [0.2, 0.25) is 0 Å². The lowest BCUT2D eigenvalue weighted by molar-refractivity contribution is -0.141. The maximum atomic E-state index is 14.4. The Labute approximate surface area is 317 Å². The highest BCUT2D eigenvalue weighted by atomic mass is 35.5. The number of methoxy groups -OCH3 is 2. The molecular formula is C38H45ClF3N7O5. The number of nitrogens with one attached hydrogen (secondary N) is 4. The number of aliphatic carboxylic acids is 1. The van der Waals surface area contributed by atoms with Gasteiger partial charge in [0.1, 0.15) is 11.7 Å². The number of rotatable bonds is 15. The van der Waals surface area contributed by atoms with E-state index < -0.39 is 41.1 Å². The van der Waals surface area contributed by atoms with E-state index in [9.17, 15) is 27.9 Å². The van der Waals surface area contributed by atoms with E-state index in [-0.39, 0.29) is 36.0 Å². The van der Waals surface area contributed by atoms with Crippen LogP contribution in [0.3, 0.4) is 0 Å². The lowest BCUT2D eigenvalue weighted by Crippen LogP contribution is -2.35. The number of carboxylic acid groups (broad SMARTS) is 1. The molecule has 0 spiro atoms. The summed E-state index contributed by atoms with van der Waals surface area (Å²) in [6.45, 7) is 8.02. The molecule has 1 aliphatic heterocycles. The van der Waals surface area contributed by atoms with Crippen LogP contribution in [-0.2, 0) is 28.9 Å². The van der Waals surface area contributed by atoms with Crippen molar-refractivity contribution in [3.05, 3.63) is 88.5 Å². The average molecular weight is 772 g/mol. The second kappa shape index (κ2) is 17.6. The van der Waals surface area contributed by atoms with Gasteiger partial charge in [0.25, 0.3) is 0 Å². The van der Waals surface area contributed by atoms with E-state index in [4.69, 9.17) is 26.1 Å². The van der Waals surface area contributed by atoms with Crippen LogP contribution in [0.25, 0.3) is 5.57 Å². The SMILES string of the molecule is C=CC=C1/C(=C(\C)C2C=CC=C(c3ccc(CNC[C@@H]4CCC(=O)N4)c(OC)n3)C2Cl)CC[C@@H]1Nc1nc(OC)c(CN[C@@H](C)C(=O)O)nc1C(F)(F)F. The van der Waals surface area contributed by atoms with Crippen molar-refractivity contribution in [3.8, 4) is 11.8 Å². The first-order valence-corrected chi connectivity index (χ1v) is 18.0. The number of carboxylic acids is 1. The fourth-order valence-corrected chi connectivity index (χ4v) is 7.31. The van der Waals surface area contributed by atoms with Crippen LogP contribution in [0.5, 0.6) is 11.8 Å². The van der Waals surface area contributed by atoms with E-state index in [1.165, 1.54) is 14.0 Å². The summed E-state index contributed by atoms with van der Waals surface area (Å²) in [6, 6.07) is 2.33. The molecule has 0 aromatic carbocycles. The monoisotopic (exact) mass is 771 g/mol. The van der Waals surface area contributed by atoms with E-state index in [1.807, 2.05) is 37.3 Å². The maximum Gasteiger partial charge on any atom is 0.437 e. The van der Waals surface area contributed by atoms with Crippen LogP contribution in [0.4, 0.5) is 19.0 Å². The van der Waals surface area contributed by atoms with Crippen LogP contribution < -0.4 is 30.7 Å². The Hall–Kier alpha value is -4.73. The van der Waals surface area contributed by atoms with Crippen molar-refractivity contribution in [2.45, 2.75) is 82.3 Å². The predicted molar refractivity (Wildman–Crippen MR) is 199 cm³/mol. The molecule has 1 saturated heterocycles. The van der Waals surface area contributed by atoms with Crippen molar-refractivity contribution < 1.29 is 37.3 Å². The lowest BCUT2D eigenvalue weighted by atomic mass is 9.83. The smallest absolute Gasteiger partial charge is 0.437 e. The number of ether oxygens (including phenoxy) is 2. The number of carbonyl (C=O) groups is 2. The number of anilines is 1. The number of aromatic nitrogens is 3. The number of hydrogen-bond acceptors (Lipinski definition) is 10. The molecule has 0 radical (unpaired) electrons. The number of alkyl halides is 4. The predicted octanol–water partition coefficient (Wildman–Crippen LogP) is 5.72. The van der Waals surface area contributed by atoms with Crippen molar-refractivity contribution >= 4 is 34.9 Å². The molecule has 0 bridgehead atoms. The third kappa shape index (κ3) is 9.31. The van der Waals surface area contributed by atoms with Crippen molar-refractivity contribution in [2.24, 2.45) is 5.92 Å². The molecule has 16 heteroatoms. The number of nitrogens with zero attached hydrogens (tertiary/aromatic N) is 3. The van der Waals surface area contributed by atoms with Gasteiger partial charge in [-0.25, -0.2) is 9.97 Å². The first-order chi connectivity index (χ1) is 25.7. The fraction of sp³-hybridized carbons (Fsp3) is 0.447. The number of halogens is 4. The zero-order valence-electron chi connectivity index (χ0n) is 30.5. The number of allylic oxidation sites excluding steroid dienone is 7. The first-order valence-electron chi connectivity index (χ1n) is 17.6. The topological polar surface area (TPSA) is 160 Å². The zero-order chi connectivity index (χ0) is 39.2. The molecule has 3 aliphatic rings. The summed E-state index contributed by atoms with van der Waals surface area (Å²) < 4.78 is 54.0. The van der Waals surface area contributed by atoms with E-state index >= 15 is 0 Å². The molecule has 5 N–H and O–H groups in total. The van der Waals surface area contributed by atoms with E-state index in [0.717, 1.165) is 34.3 Å². The summed E-state index contributed by atoms with van der Waals surface area (Å²) in [4.78, 5) is 35.6. The summed E-state index contributed by atoms with van der Waals surface area (Å²) in [5.41, 5.74) is 3.53. The van der Waals surface area contributed by atoms with Crippen LogP contribution in [0, 0.1) is 5.92 Å². The highest BCUT2D eigenvalue weighted by Gasteiger charge is 2.40. The molecule has 3 heterocycles. The summed E-state index contributed by atoms with van der Waals surface area (Å²) in [5.74, 6) is -1.57. The van der Waals surface area contributed by atoms with E-state index in [0.29, 0.717) is 43.9 Å². The fourth-order valence-electron chi connectivity index (χ4n) is 6.86. The van der Waals surface area contributed by atoms with Crippen molar-refractivity contribution in [1.29, 1.82) is 0 Å². The van der Waals surface area contributed by atoms with Crippen molar-refractivity contribution in [2.75, 3.05) is 26.1 Å². The summed E-state index contributed by atoms with van der Waals surface area (Å²) in [5, 5.41) is 20.6. The van der Waals surface area contributed by atoms with Gasteiger partial charge in [-0.05, 0) is 55.9 Å². The molecule has 1 amide bonds. The van der Waals surface area contributed by atoms with Crippen LogP contribution in [-0.4, -0.2) is 76.2 Å². The molecule has 2 aromatic heterocycles. The van der Waals surface area contributed by atoms with Gasteiger partial charge in [0.05, 0.1) is 31.3 Å². The molecule has 2 unspecified atom stereocenters. The van der Waals surface area contributed by atoms with Crippen molar-refractivity contribution in [3.63, 3.8) is 0 Å². The van der Waals surface area contributed by atoms with Gasteiger partial charge in [0.15, 0.2) is 11.5 Å². The molecule has 54 heavy (non-hydrogen) atoms. The molecule has 5 atom stereocenters. The largest absolute Gasteiger partial charge is 0.481 e. The minimum absolute atomic E-state index is 0.0650. The lowest BCUT2D eigenvalue weighted by Gasteiger charge is -2.27. The Morgan fingerprint density at radius 1 is 1.15 bits per heavy atom. The quantitative estimate of drug-likeness (QED) is 0.141. The third-order valence-electron chi connectivity index (χ3n) is 9.76. The van der Waals surface area contributed by atoms with Crippen LogP contribution in [0.15, 0.2) is 65.8 Å². The molecular weight excluding hydrogens is 727 g/mol. The van der Waals surface area contributed by atoms with Crippen LogP contribution >= 0.6 is 11.6 Å². The second-order valence-corrected chi connectivity index (χ2v) is 13.8. The van der Waals surface area contributed by atoms with Gasteiger partial charge in [0.2, 0.25) is 17.7 Å². The van der Waals surface area contributed by atoms with E-state index in [2.05, 4.69) is 37.8 Å². The number of pyridine rings is 1. The summed E-state index contributed by atoms with van der Waals surface area (Å²) >= 11 is 7.20. The number of hydrogen-bond donors (Lipinski definition) is 5. The van der Waals surface area contributed by atoms with Gasteiger partial charge >= 0.3 is 12.1 Å². The highest BCUT2D eigenvalue weighted by molar-refractivity contribution is 6.27. The summed E-state index contributed by atoms with van der Waals surface area (Å²) in [7, 11) is 2.82. The minimum Gasteiger partial charge on any atom is -0.481 e. The van der Waals surface area contributed by atoms with E-state index in [1.54, 1.807) is 19.3 Å². The molecule has 1 saturated carbocycles. The highest BCUT2D eigenvalue weighted by Crippen LogP contribution is 2.43. The third-order valence-corrected chi connectivity index (χ3v) is 10.3. The Bertz CT molecular complexity index is 1880.